The minimum absolute atomic E-state index is 0.338. The molecule has 22 heavy (non-hydrogen) atoms. The van der Waals surface area contributed by atoms with Crippen LogP contribution in [-0.4, -0.2) is 62.7 Å². The highest BCUT2D eigenvalue weighted by Crippen LogP contribution is 2.34. The number of rotatable bonds is 3. The van der Waals surface area contributed by atoms with E-state index in [1.54, 1.807) is 24.4 Å². The molecule has 1 aromatic heterocycles. The van der Waals surface area contributed by atoms with Crippen molar-refractivity contribution in [3.8, 4) is 5.75 Å². The molecule has 0 bridgehead atoms. The van der Waals surface area contributed by atoms with E-state index in [0.29, 0.717) is 16.2 Å². The zero-order chi connectivity index (χ0) is 15.9. The van der Waals surface area contributed by atoms with E-state index < -0.39 is 37.3 Å². The van der Waals surface area contributed by atoms with E-state index in [1.165, 1.54) is 0 Å². The minimum atomic E-state index is -1.49. The molecule has 1 aliphatic heterocycles. The fourth-order valence-corrected chi connectivity index (χ4v) is 2.76. The molecular formula is C14H16ClNO6. The Morgan fingerprint density at radius 3 is 2.68 bits per heavy atom. The van der Waals surface area contributed by atoms with E-state index in [9.17, 15) is 15.3 Å². The first-order chi connectivity index (χ1) is 10.5. The molecule has 0 radical (unpaired) electrons. The van der Waals surface area contributed by atoms with Crippen molar-refractivity contribution >= 4 is 22.5 Å². The van der Waals surface area contributed by atoms with E-state index >= 15 is 0 Å². The molecule has 3 rings (SSSR count). The normalized spacial score (nSPS) is 32.3. The van der Waals surface area contributed by atoms with E-state index in [1.807, 2.05) is 0 Å². The Hall–Kier alpha value is -1.35. The molecule has 1 saturated heterocycles. The van der Waals surface area contributed by atoms with Crippen LogP contribution < -0.4 is 4.74 Å². The van der Waals surface area contributed by atoms with Crippen LogP contribution >= 0.6 is 11.6 Å². The van der Waals surface area contributed by atoms with Crippen molar-refractivity contribution in [2.45, 2.75) is 30.7 Å². The van der Waals surface area contributed by atoms with Crippen LogP contribution in [0.3, 0.4) is 0 Å². The maximum Gasteiger partial charge on any atom is 0.229 e. The van der Waals surface area contributed by atoms with Crippen molar-refractivity contribution in [1.82, 2.24) is 4.98 Å². The summed E-state index contributed by atoms with van der Waals surface area (Å²) in [5.74, 6) is 0.338. The molecule has 2 aromatic rings. The van der Waals surface area contributed by atoms with Gasteiger partial charge < -0.3 is 34.9 Å². The van der Waals surface area contributed by atoms with Crippen molar-refractivity contribution in [3.05, 3.63) is 29.4 Å². The van der Waals surface area contributed by atoms with Crippen LogP contribution in [0.25, 0.3) is 10.9 Å². The first kappa shape index (κ1) is 15.5. The standard InChI is InChI=1S/C14H16ClNO6/c15-6-2-1-3-7-10(6)8(4-16-7)21-14-13(20)12(19)11(18)9(5-17)22-14/h1-4,9,11-14,16-20H,5H2/t9-,11-,12+,13-,14-/m0/s1. The van der Waals surface area contributed by atoms with Gasteiger partial charge in [-0.3, -0.25) is 0 Å². The largest absolute Gasteiger partial charge is 0.460 e. The summed E-state index contributed by atoms with van der Waals surface area (Å²) in [6, 6.07) is 5.28. The van der Waals surface area contributed by atoms with Crippen molar-refractivity contribution < 1.29 is 29.9 Å². The molecule has 2 heterocycles. The SMILES string of the molecule is OC[C@@H]1O[C@H](Oc2c[nH]c3cccc(Cl)c23)[C@@H](O)[C@H](O)[C@H]1O. The summed E-state index contributed by atoms with van der Waals surface area (Å²) in [5.41, 5.74) is 0.743. The smallest absolute Gasteiger partial charge is 0.229 e. The predicted molar refractivity (Wildman–Crippen MR) is 77.7 cm³/mol. The van der Waals surface area contributed by atoms with Crippen LogP contribution in [0.2, 0.25) is 5.02 Å². The van der Waals surface area contributed by atoms with Gasteiger partial charge in [-0.2, -0.15) is 0 Å². The molecule has 1 aromatic carbocycles. The number of fused-ring (bicyclic) bond motifs is 1. The Kier molecular flexibility index (Phi) is 4.26. The Balaban J connectivity index is 1.88. The number of nitrogens with one attached hydrogen (secondary N) is 1. The molecule has 1 aliphatic rings. The number of H-pyrrole nitrogens is 1. The van der Waals surface area contributed by atoms with E-state index in [4.69, 9.17) is 26.2 Å². The highest BCUT2D eigenvalue weighted by atomic mass is 35.5. The third-order valence-electron chi connectivity index (χ3n) is 3.71. The molecule has 0 amide bonds. The molecule has 0 spiro atoms. The lowest BCUT2D eigenvalue weighted by molar-refractivity contribution is -0.277. The summed E-state index contributed by atoms with van der Waals surface area (Å²) in [6.07, 6.45) is -5.10. The van der Waals surface area contributed by atoms with Crippen molar-refractivity contribution in [3.63, 3.8) is 0 Å². The first-order valence-electron chi connectivity index (χ1n) is 6.75. The third-order valence-corrected chi connectivity index (χ3v) is 4.03. The molecule has 120 valence electrons. The number of ether oxygens (including phenoxy) is 2. The summed E-state index contributed by atoms with van der Waals surface area (Å²) in [6.45, 7) is -0.514. The lowest BCUT2D eigenvalue weighted by Crippen LogP contribution is -2.60. The van der Waals surface area contributed by atoms with Crippen molar-refractivity contribution in [2.75, 3.05) is 6.61 Å². The maximum absolute atomic E-state index is 9.98. The van der Waals surface area contributed by atoms with E-state index in [0.717, 1.165) is 5.52 Å². The van der Waals surface area contributed by atoms with Crippen LogP contribution in [-0.2, 0) is 4.74 Å². The quantitative estimate of drug-likeness (QED) is 0.541. The number of hydrogen-bond donors (Lipinski definition) is 5. The Bertz CT molecular complexity index is 660. The highest BCUT2D eigenvalue weighted by molar-refractivity contribution is 6.36. The molecule has 7 nitrogen and oxygen atoms in total. The van der Waals surface area contributed by atoms with Gasteiger partial charge in [0.05, 0.1) is 22.5 Å². The molecular weight excluding hydrogens is 314 g/mol. The Morgan fingerprint density at radius 2 is 1.95 bits per heavy atom. The first-order valence-corrected chi connectivity index (χ1v) is 7.13. The number of aliphatic hydroxyl groups excluding tert-OH is 4. The van der Waals surface area contributed by atoms with Crippen LogP contribution in [0.1, 0.15) is 0 Å². The summed E-state index contributed by atoms with van der Waals surface area (Å²) >= 11 is 6.13. The van der Waals surface area contributed by atoms with Gasteiger partial charge in [0, 0.05) is 6.20 Å². The van der Waals surface area contributed by atoms with Gasteiger partial charge in [-0.15, -0.1) is 0 Å². The van der Waals surface area contributed by atoms with Gasteiger partial charge in [-0.25, -0.2) is 0 Å². The van der Waals surface area contributed by atoms with Gasteiger partial charge in [0.15, 0.2) is 0 Å². The summed E-state index contributed by atoms with van der Waals surface area (Å²) < 4.78 is 10.9. The Morgan fingerprint density at radius 1 is 1.18 bits per heavy atom. The van der Waals surface area contributed by atoms with Crippen LogP contribution in [0, 0.1) is 0 Å². The number of aromatic nitrogens is 1. The van der Waals surface area contributed by atoms with Gasteiger partial charge in [0.25, 0.3) is 0 Å². The lowest BCUT2D eigenvalue weighted by atomic mass is 9.99. The molecule has 0 unspecified atom stereocenters. The lowest BCUT2D eigenvalue weighted by Gasteiger charge is -2.39. The second kappa shape index (κ2) is 6.04. The molecule has 8 heteroatoms. The fourth-order valence-electron chi connectivity index (χ4n) is 2.49. The molecule has 0 aliphatic carbocycles. The molecule has 5 N–H and O–H groups in total. The number of aromatic amines is 1. The summed E-state index contributed by atoms with van der Waals surface area (Å²) in [7, 11) is 0. The average Bonchev–Trinajstić information content (AvgIpc) is 2.92. The third kappa shape index (κ3) is 2.56. The highest BCUT2D eigenvalue weighted by Gasteiger charge is 2.44. The monoisotopic (exact) mass is 329 g/mol. The topological polar surface area (TPSA) is 115 Å². The van der Waals surface area contributed by atoms with Crippen molar-refractivity contribution in [1.29, 1.82) is 0 Å². The molecule has 5 atom stereocenters. The number of halogens is 1. The van der Waals surface area contributed by atoms with Gasteiger partial charge >= 0.3 is 0 Å². The Labute approximate surface area is 130 Å². The summed E-state index contributed by atoms with van der Waals surface area (Å²) in [4.78, 5) is 2.97. The zero-order valence-electron chi connectivity index (χ0n) is 11.4. The maximum atomic E-state index is 9.98. The minimum Gasteiger partial charge on any atom is -0.460 e. The zero-order valence-corrected chi connectivity index (χ0v) is 12.1. The number of aliphatic hydroxyl groups is 4. The van der Waals surface area contributed by atoms with Crippen LogP contribution in [0.15, 0.2) is 24.4 Å². The second-order valence-corrected chi connectivity index (χ2v) is 5.54. The van der Waals surface area contributed by atoms with Gasteiger partial charge in [-0.05, 0) is 12.1 Å². The van der Waals surface area contributed by atoms with Gasteiger partial charge in [-0.1, -0.05) is 17.7 Å². The average molecular weight is 330 g/mol. The molecule has 0 saturated carbocycles. The fraction of sp³-hybridized carbons (Fsp3) is 0.429. The van der Waals surface area contributed by atoms with E-state index in [-0.39, 0.29) is 0 Å². The summed E-state index contributed by atoms with van der Waals surface area (Å²) in [5, 5.41) is 39.7. The van der Waals surface area contributed by atoms with E-state index in [2.05, 4.69) is 4.98 Å². The van der Waals surface area contributed by atoms with Gasteiger partial charge in [0.2, 0.25) is 6.29 Å². The van der Waals surface area contributed by atoms with Crippen LogP contribution in [0.5, 0.6) is 5.75 Å². The number of benzene rings is 1. The number of hydrogen-bond acceptors (Lipinski definition) is 6. The predicted octanol–water partition coefficient (Wildman–Crippen LogP) is -0.000000000000000278. The van der Waals surface area contributed by atoms with Crippen LogP contribution in [0.4, 0.5) is 0 Å². The second-order valence-electron chi connectivity index (χ2n) is 5.13. The van der Waals surface area contributed by atoms with Gasteiger partial charge in [0.1, 0.15) is 30.2 Å². The van der Waals surface area contributed by atoms with Crippen molar-refractivity contribution in [2.24, 2.45) is 0 Å². The molecule has 1 fully saturated rings.